The van der Waals surface area contributed by atoms with Gasteiger partial charge in [0.2, 0.25) is 11.8 Å². The quantitative estimate of drug-likeness (QED) is 0.720. The van der Waals surface area contributed by atoms with Crippen molar-refractivity contribution >= 4 is 11.9 Å². The number of nitrogens with zero attached hydrogens (tertiary/aromatic N) is 1. The summed E-state index contributed by atoms with van der Waals surface area (Å²) >= 11 is 0. The molecule has 3 amide bonds. The minimum absolute atomic E-state index is 0.0553. The van der Waals surface area contributed by atoms with E-state index in [0.29, 0.717) is 12.1 Å². The number of rotatable bonds is 6. The van der Waals surface area contributed by atoms with Gasteiger partial charge in [0.25, 0.3) is 6.43 Å². The fourth-order valence-electron chi connectivity index (χ4n) is 2.33. The molecule has 1 aromatic rings. The van der Waals surface area contributed by atoms with Crippen LogP contribution in [0.3, 0.4) is 0 Å². The zero-order valence-electron chi connectivity index (χ0n) is 13.2. The summed E-state index contributed by atoms with van der Waals surface area (Å²) < 4.78 is 29.0. The van der Waals surface area contributed by atoms with E-state index in [2.05, 4.69) is 20.9 Å². The van der Waals surface area contributed by atoms with Gasteiger partial charge in [0.1, 0.15) is 6.04 Å². The average Bonchev–Trinajstić information content (AvgIpc) is 2.55. The van der Waals surface area contributed by atoms with Gasteiger partial charge < -0.3 is 20.7 Å². The molecule has 1 fully saturated rings. The van der Waals surface area contributed by atoms with Gasteiger partial charge in [-0.25, -0.2) is 18.6 Å². The van der Waals surface area contributed by atoms with Crippen LogP contribution in [0.1, 0.15) is 18.9 Å². The summed E-state index contributed by atoms with van der Waals surface area (Å²) in [6.45, 7) is 1.93. The molecule has 1 aliphatic heterocycles. The maximum Gasteiger partial charge on any atom is 0.315 e. The number of carbonyl (C=O) groups is 2. The summed E-state index contributed by atoms with van der Waals surface area (Å²) in [4.78, 5) is 27.5. The van der Waals surface area contributed by atoms with Crippen LogP contribution in [0.25, 0.3) is 0 Å². The van der Waals surface area contributed by atoms with Gasteiger partial charge >= 0.3 is 6.03 Å². The predicted molar refractivity (Wildman–Crippen MR) is 81.7 cm³/mol. The van der Waals surface area contributed by atoms with Gasteiger partial charge in [-0.3, -0.25) is 4.79 Å². The summed E-state index contributed by atoms with van der Waals surface area (Å²) in [5.74, 6) is -0.0782. The number of piperidine rings is 1. The van der Waals surface area contributed by atoms with Crippen molar-refractivity contribution in [2.24, 2.45) is 5.92 Å². The number of hydrogen-bond donors (Lipinski definition) is 3. The third kappa shape index (κ3) is 5.32. The topological polar surface area (TPSA) is 92.4 Å². The maximum atomic E-state index is 12.1. The first-order valence-electron chi connectivity index (χ1n) is 7.63. The molecule has 24 heavy (non-hydrogen) atoms. The Morgan fingerprint density at radius 2 is 2.33 bits per heavy atom. The summed E-state index contributed by atoms with van der Waals surface area (Å²) in [7, 11) is 0. The predicted octanol–water partition coefficient (Wildman–Crippen LogP) is 1.05. The monoisotopic (exact) mass is 342 g/mol. The van der Waals surface area contributed by atoms with Gasteiger partial charge in [-0.05, 0) is 24.0 Å². The van der Waals surface area contributed by atoms with Crippen LogP contribution < -0.4 is 20.7 Å². The fraction of sp³-hybridized carbons (Fsp3) is 0.533. The lowest BCUT2D eigenvalue weighted by atomic mass is 9.94. The van der Waals surface area contributed by atoms with Gasteiger partial charge in [0.05, 0.1) is 0 Å². The maximum absolute atomic E-state index is 12.1. The van der Waals surface area contributed by atoms with Crippen LogP contribution in [0.5, 0.6) is 5.88 Å². The van der Waals surface area contributed by atoms with E-state index in [1.54, 1.807) is 6.07 Å². The van der Waals surface area contributed by atoms with Crippen molar-refractivity contribution in [3.8, 4) is 5.88 Å². The van der Waals surface area contributed by atoms with Gasteiger partial charge in [-0.1, -0.05) is 6.92 Å². The first-order valence-corrected chi connectivity index (χ1v) is 7.63. The molecule has 1 aliphatic rings. The lowest BCUT2D eigenvalue weighted by Gasteiger charge is -2.28. The molecule has 0 aromatic carbocycles. The second-order valence-corrected chi connectivity index (χ2v) is 5.57. The minimum Gasteiger partial charge on any atom is -0.472 e. The second kappa shape index (κ2) is 8.42. The van der Waals surface area contributed by atoms with E-state index >= 15 is 0 Å². The number of urea groups is 1. The SMILES string of the molecule is C[C@@H]1CCNC(=O)[C@@H]1NC(=O)NCc1ccnc(OCC(F)F)c1. The van der Waals surface area contributed by atoms with Crippen molar-refractivity contribution in [2.45, 2.75) is 32.4 Å². The fourth-order valence-corrected chi connectivity index (χ4v) is 2.33. The molecule has 0 spiro atoms. The summed E-state index contributed by atoms with van der Waals surface area (Å²) in [6.07, 6.45) is -0.374. The smallest absolute Gasteiger partial charge is 0.315 e. The Bertz CT molecular complexity index is 586. The Hall–Kier alpha value is -2.45. The average molecular weight is 342 g/mol. The van der Waals surface area contributed by atoms with E-state index in [-0.39, 0.29) is 24.2 Å². The number of pyridine rings is 1. The summed E-state index contributed by atoms with van der Waals surface area (Å²) in [5.41, 5.74) is 0.644. The molecule has 2 heterocycles. The number of alkyl halides is 2. The van der Waals surface area contributed by atoms with Crippen molar-refractivity contribution < 1.29 is 23.1 Å². The highest BCUT2D eigenvalue weighted by Gasteiger charge is 2.29. The first-order chi connectivity index (χ1) is 11.5. The zero-order valence-corrected chi connectivity index (χ0v) is 13.2. The Balaban J connectivity index is 1.83. The van der Waals surface area contributed by atoms with Crippen LogP contribution in [-0.2, 0) is 11.3 Å². The lowest BCUT2D eigenvalue weighted by Crippen LogP contribution is -2.56. The molecule has 0 radical (unpaired) electrons. The Morgan fingerprint density at radius 3 is 3.04 bits per heavy atom. The molecule has 0 saturated carbocycles. The zero-order chi connectivity index (χ0) is 17.5. The number of amides is 3. The van der Waals surface area contributed by atoms with Gasteiger partial charge in [-0.15, -0.1) is 0 Å². The van der Waals surface area contributed by atoms with Crippen molar-refractivity contribution in [1.82, 2.24) is 20.9 Å². The molecule has 2 rings (SSSR count). The number of carbonyl (C=O) groups excluding carboxylic acids is 2. The molecule has 2 atom stereocenters. The Kier molecular flexibility index (Phi) is 6.28. The van der Waals surface area contributed by atoms with Crippen LogP contribution in [0.15, 0.2) is 18.3 Å². The van der Waals surface area contributed by atoms with E-state index in [1.807, 2.05) is 6.92 Å². The van der Waals surface area contributed by atoms with Crippen LogP contribution in [0, 0.1) is 5.92 Å². The van der Waals surface area contributed by atoms with Crippen molar-refractivity contribution in [3.05, 3.63) is 23.9 Å². The van der Waals surface area contributed by atoms with Crippen LogP contribution >= 0.6 is 0 Å². The molecule has 7 nitrogen and oxygen atoms in total. The largest absolute Gasteiger partial charge is 0.472 e. The molecule has 0 bridgehead atoms. The minimum atomic E-state index is -2.58. The molecule has 3 N–H and O–H groups in total. The molecule has 1 aromatic heterocycles. The number of aromatic nitrogens is 1. The third-order valence-corrected chi connectivity index (χ3v) is 3.65. The van der Waals surface area contributed by atoms with E-state index < -0.39 is 25.1 Å². The first kappa shape index (κ1) is 17.9. The van der Waals surface area contributed by atoms with E-state index in [0.717, 1.165) is 6.42 Å². The van der Waals surface area contributed by atoms with Crippen LogP contribution in [0.2, 0.25) is 0 Å². The van der Waals surface area contributed by atoms with Crippen molar-refractivity contribution in [3.63, 3.8) is 0 Å². The molecular weight excluding hydrogens is 322 g/mol. The number of ether oxygens (including phenoxy) is 1. The summed E-state index contributed by atoms with van der Waals surface area (Å²) in [5, 5.41) is 7.96. The van der Waals surface area contributed by atoms with Crippen molar-refractivity contribution in [1.29, 1.82) is 0 Å². The summed E-state index contributed by atoms with van der Waals surface area (Å²) in [6, 6.07) is 2.06. The highest BCUT2D eigenvalue weighted by atomic mass is 19.3. The second-order valence-electron chi connectivity index (χ2n) is 5.57. The number of halogens is 2. The third-order valence-electron chi connectivity index (χ3n) is 3.65. The van der Waals surface area contributed by atoms with Gasteiger partial charge in [0.15, 0.2) is 6.61 Å². The van der Waals surface area contributed by atoms with E-state index in [1.165, 1.54) is 12.3 Å². The molecule has 1 saturated heterocycles. The standard InChI is InChI=1S/C15H20F2N4O3/c1-9-2-4-19-14(22)13(9)21-15(23)20-7-10-3-5-18-12(6-10)24-8-11(16)17/h3,5-6,9,11,13H,2,4,7-8H2,1H3,(H,19,22)(H2,20,21,23)/t9-,13-/m1/s1. The van der Waals surface area contributed by atoms with Crippen LogP contribution in [-0.4, -0.2) is 42.5 Å². The van der Waals surface area contributed by atoms with E-state index in [4.69, 9.17) is 4.74 Å². The Morgan fingerprint density at radius 1 is 1.54 bits per heavy atom. The molecule has 9 heteroatoms. The number of nitrogens with one attached hydrogen (secondary N) is 3. The van der Waals surface area contributed by atoms with Gasteiger partial charge in [0, 0.05) is 25.4 Å². The number of hydrogen-bond acceptors (Lipinski definition) is 4. The Labute approximate surface area is 138 Å². The lowest BCUT2D eigenvalue weighted by molar-refractivity contribution is -0.125. The van der Waals surface area contributed by atoms with Crippen LogP contribution in [0.4, 0.5) is 13.6 Å². The molecule has 0 unspecified atom stereocenters. The normalized spacial score (nSPS) is 20.4. The molecule has 0 aliphatic carbocycles. The molecule has 132 valence electrons. The van der Waals surface area contributed by atoms with Crippen molar-refractivity contribution in [2.75, 3.05) is 13.2 Å². The van der Waals surface area contributed by atoms with Gasteiger partial charge in [-0.2, -0.15) is 0 Å². The highest BCUT2D eigenvalue weighted by molar-refractivity contribution is 5.87. The van der Waals surface area contributed by atoms with E-state index in [9.17, 15) is 18.4 Å². The highest BCUT2D eigenvalue weighted by Crippen LogP contribution is 2.13. The molecular formula is C15H20F2N4O3.